The first kappa shape index (κ1) is 16.5. The van der Waals surface area contributed by atoms with Gasteiger partial charge in [-0.25, -0.2) is 0 Å². The van der Waals surface area contributed by atoms with Crippen LogP contribution in [0.5, 0.6) is 0 Å². The lowest BCUT2D eigenvalue weighted by atomic mass is 9.94. The van der Waals surface area contributed by atoms with Crippen molar-refractivity contribution in [2.24, 2.45) is 0 Å². The third-order valence-corrected chi connectivity index (χ3v) is 5.41. The Morgan fingerprint density at radius 1 is 1.19 bits per heavy atom. The van der Waals surface area contributed by atoms with E-state index in [1.807, 2.05) is 23.5 Å². The Kier molecular flexibility index (Phi) is 5.13. The van der Waals surface area contributed by atoms with Crippen LogP contribution in [0.4, 0.5) is 0 Å². The smallest absolute Gasteiger partial charge is 0.0673 e. The van der Waals surface area contributed by atoms with Crippen molar-refractivity contribution < 1.29 is 0 Å². The van der Waals surface area contributed by atoms with Crippen LogP contribution in [-0.4, -0.2) is 6.54 Å². The predicted octanol–water partition coefficient (Wildman–Crippen LogP) is 5.71. The van der Waals surface area contributed by atoms with E-state index in [9.17, 15) is 0 Å². The second-order valence-electron chi connectivity index (χ2n) is 6.44. The molecule has 0 saturated heterocycles. The maximum Gasteiger partial charge on any atom is 0.0673 e. The molecule has 2 aromatic rings. The van der Waals surface area contributed by atoms with Crippen molar-refractivity contribution in [3.8, 4) is 0 Å². The van der Waals surface area contributed by atoms with Crippen molar-refractivity contribution in [3.63, 3.8) is 0 Å². The van der Waals surface area contributed by atoms with Crippen LogP contribution >= 0.6 is 22.9 Å². The van der Waals surface area contributed by atoms with E-state index in [0.717, 1.165) is 11.6 Å². The fourth-order valence-electron chi connectivity index (χ4n) is 2.44. The van der Waals surface area contributed by atoms with Crippen LogP contribution in [0.2, 0.25) is 5.02 Å². The highest BCUT2D eigenvalue weighted by Gasteiger charge is 2.21. The molecule has 0 radical (unpaired) electrons. The quantitative estimate of drug-likeness (QED) is 0.761. The molecule has 0 fully saturated rings. The highest BCUT2D eigenvalue weighted by molar-refractivity contribution is 7.12. The number of nitrogens with one attached hydrogen (secondary N) is 1. The Hall–Kier alpha value is -0.830. The van der Waals surface area contributed by atoms with Gasteiger partial charge in [-0.15, -0.1) is 11.3 Å². The molecule has 1 N–H and O–H groups in total. The highest BCUT2D eigenvalue weighted by Crippen LogP contribution is 2.35. The van der Waals surface area contributed by atoms with Crippen LogP contribution in [0.25, 0.3) is 0 Å². The lowest BCUT2D eigenvalue weighted by Gasteiger charge is -2.20. The summed E-state index contributed by atoms with van der Waals surface area (Å²) in [6.07, 6.45) is 0. The number of halogens is 1. The minimum Gasteiger partial charge on any atom is -0.306 e. The van der Waals surface area contributed by atoms with Crippen LogP contribution in [-0.2, 0) is 5.41 Å². The van der Waals surface area contributed by atoms with Gasteiger partial charge in [0.2, 0.25) is 0 Å². The number of hydrogen-bond acceptors (Lipinski definition) is 2. The zero-order valence-electron chi connectivity index (χ0n) is 13.5. The van der Waals surface area contributed by atoms with E-state index in [1.54, 1.807) is 0 Å². The molecule has 0 aliphatic heterocycles. The lowest BCUT2D eigenvalue weighted by molar-refractivity contribution is 0.604. The molecule has 1 unspecified atom stereocenters. The fraction of sp³-hybridized carbons (Fsp3) is 0.444. The van der Waals surface area contributed by atoms with Gasteiger partial charge in [-0.3, -0.25) is 0 Å². The molecule has 1 atom stereocenters. The summed E-state index contributed by atoms with van der Waals surface area (Å²) in [7, 11) is 0. The standard InChI is InChI=1S/C18H24ClNS/c1-6-20-17(14-8-7-13(19)11-12(14)2)15-9-10-16(21-15)18(3,4)5/h7-11,17,20H,6H2,1-5H3. The SMILES string of the molecule is CCNC(c1ccc(C(C)(C)C)s1)c1ccc(Cl)cc1C. The number of hydrogen-bond donors (Lipinski definition) is 1. The molecule has 1 heterocycles. The summed E-state index contributed by atoms with van der Waals surface area (Å²) in [5.74, 6) is 0. The Bertz CT molecular complexity index is 610. The number of aryl methyl sites for hydroxylation is 1. The molecule has 1 aromatic heterocycles. The highest BCUT2D eigenvalue weighted by atomic mass is 35.5. The Labute approximate surface area is 137 Å². The summed E-state index contributed by atoms with van der Waals surface area (Å²) in [5.41, 5.74) is 2.75. The second kappa shape index (κ2) is 6.51. The van der Waals surface area contributed by atoms with Crippen molar-refractivity contribution >= 4 is 22.9 Å². The van der Waals surface area contributed by atoms with Crippen molar-refractivity contribution in [1.29, 1.82) is 0 Å². The molecule has 114 valence electrons. The molecule has 1 nitrogen and oxygen atoms in total. The van der Waals surface area contributed by atoms with E-state index in [2.05, 4.69) is 58.1 Å². The summed E-state index contributed by atoms with van der Waals surface area (Å²) >= 11 is 7.99. The summed E-state index contributed by atoms with van der Waals surface area (Å²) in [6, 6.07) is 10.9. The molecule has 0 aliphatic rings. The van der Waals surface area contributed by atoms with Crippen molar-refractivity contribution in [3.05, 3.63) is 56.2 Å². The van der Waals surface area contributed by atoms with Crippen molar-refractivity contribution in [1.82, 2.24) is 5.32 Å². The Balaban J connectivity index is 2.41. The van der Waals surface area contributed by atoms with Gasteiger partial charge in [-0.05, 0) is 54.3 Å². The average Bonchev–Trinajstić information content (AvgIpc) is 2.86. The lowest BCUT2D eigenvalue weighted by Crippen LogP contribution is -2.21. The van der Waals surface area contributed by atoms with Gasteiger partial charge in [-0.2, -0.15) is 0 Å². The van der Waals surface area contributed by atoms with E-state index >= 15 is 0 Å². The summed E-state index contributed by atoms with van der Waals surface area (Å²) in [4.78, 5) is 2.79. The first-order valence-electron chi connectivity index (χ1n) is 7.42. The summed E-state index contributed by atoms with van der Waals surface area (Å²) < 4.78 is 0. The third-order valence-electron chi connectivity index (χ3n) is 3.60. The summed E-state index contributed by atoms with van der Waals surface area (Å²) in [6.45, 7) is 12.0. The van der Waals surface area contributed by atoms with E-state index in [4.69, 9.17) is 11.6 Å². The molecule has 21 heavy (non-hydrogen) atoms. The zero-order chi connectivity index (χ0) is 15.6. The van der Waals surface area contributed by atoms with Gasteiger partial charge in [0, 0.05) is 14.8 Å². The molecule has 0 bridgehead atoms. The van der Waals surface area contributed by atoms with E-state index in [0.29, 0.717) is 0 Å². The van der Waals surface area contributed by atoms with Crippen LogP contribution in [0.3, 0.4) is 0 Å². The normalized spacial score (nSPS) is 13.4. The van der Waals surface area contributed by atoms with E-state index < -0.39 is 0 Å². The van der Waals surface area contributed by atoms with Crippen molar-refractivity contribution in [2.75, 3.05) is 6.54 Å². The first-order valence-corrected chi connectivity index (χ1v) is 8.62. The maximum atomic E-state index is 6.09. The molecular formula is C18H24ClNS. The minimum atomic E-state index is 0.203. The molecule has 0 spiro atoms. The molecule has 2 rings (SSSR count). The van der Waals surface area contributed by atoms with Crippen LogP contribution in [0.1, 0.15) is 54.6 Å². The average molecular weight is 322 g/mol. The molecule has 3 heteroatoms. The summed E-state index contributed by atoms with van der Waals surface area (Å²) in [5, 5.41) is 4.41. The van der Waals surface area contributed by atoms with Crippen LogP contribution < -0.4 is 5.32 Å². The van der Waals surface area contributed by atoms with Crippen molar-refractivity contribution in [2.45, 2.75) is 46.1 Å². The second-order valence-corrected chi connectivity index (χ2v) is 8.00. The molecular weight excluding hydrogens is 298 g/mol. The minimum absolute atomic E-state index is 0.203. The molecule has 0 aliphatic carbocycles. The predicted molar refractivity (Wildman–Crippen MR) is 94.7 cm³/mol. The van der Waals surface area contributed by atoms with Gasteiger partial charge in [0.25, 0.3) is 0 Å². The van der Waals surface area contributed by atoms with Gasteiger partial charge in [0.1, 0.15) is 0 Å². The zero-order valence-corrected chi connectivity index (χ0v) is 15.0. The monoisotopic (exact) mass is 321 g/mol. The van der Waals surface area contributed by atoms with Crippen LogP contribution in [0.15, 0.2) is 30.3 Å². The van der Waals surface area contributed by atoms with Gasteiger partial charge < -0.3 is 5.32 Å². The molecule has 0 amide bonds. The van der Waals surface area contributed by atoms with Crippen LogP contribution in [0, 0.1) is 6.92 Å². The molecule has 1 aromatic carbocycles. The largest absolute Gasteiger partial charge is 0.306 e. The van der Waals surface area contributed by atoms with Gasteiger partial charge in [0.05, 0.1) is 6.04 Å². The van der Waals surface area contributed by atoms with Gasteiger partial charge in [0.15, 0.2) is 0 Å². The Morgan fingerprint density at radius 3 is 2.43 bits per heavy atom. The fourth-order valence-corrected chi connectivity index (χ4v) is 3.83. The first-order chi connectivity index (χ1) is 9.82. The van der Waals surface area contributed by atoms with Gasteiger partial charge >= 0.3 is 0 Å². The number of rotatable bonds is 4. The number of benzene rings is 1. The molecule has 0 saturated carbocycles. The maximum absolute atomic E-state index is 6.09. The van der Waals surface area contributed by atoms with Gasteiger partial charge in [-0.1, -0.05) is 45.4 Å². The number of thiophene rings is 1. The van der Waals surface area contributed by atoms with E-state index in [1.165, 1.54) is 20.9 Å². The van der Waals surface area contributed by atoms with E-state index in [-0.39, 0.29) is 11.5 Å². The third kappa shape index (κ3) is 3.88. The Morgan fingerprint density at radius 2 is 1.90 bits per heavy atom. The topological polar surface area (TPSA) is 12.0 Å².